The summed E-state index contributed by atoms with van der Waals surface area (Å²) in [5, 5.41) is 4.63. The van der Waals surface area contributed by atoms with Crippen LogP contribution >= 0.6 is 11.3 Å². The summed E-state index contributed by atoms with van der Waals surface area (Å²) in [6, 6.07) is 15.1. The molecule has 4 rings (SSSR count). The first-order valence-corrected chi connectivity index (χ1v) is 12.0. The van der Waals surface area contributed by atoms with E-state index in [1.807, 2.05) is 50.2 Å². The van der Waals surface area contributed by atoms with Gasteiger partial charge in [-0.3, -0.25) is 14.2 Å². The number of carbonyl (C=O) groups is 1. The number of benzene rings is 2. The number of thiophene rings is 1. The van der Waals surface area contributed by atoms with E-state index in [0.29, 0.717) is 21.6 Å². The van der Waals surface area contributed by atoms with Crippen LogP contribution in [-0.2, 0) is 17.8 Å². The second-order valence-corrected chi connectivity index (χ2v) is 9.20. The number of hydrogen-bond acceptors (Lipinski definition) is 4. The van der Waals surface area contributed by atoms with Gasteiger partial charge in [0.25, 0.3) is 5.56 Å². The summed E-state index contributed by atoms with van der Waals surface area (Å²) in [4.78, 5) is 39.4. The zero-order valence-corrected chi connectivity index (χ0v) is 19.9. The molecule has 7 heteroatoms. The molecule has 0 aliphatic rings. The summed E-state index contributed by atoms with van der Waals surface area (Å²) < 4.78 is 2.99. The van der Waals surface area contributed by atoms with Gasteiger partial charge in [0.2, 0.25) is 5.91 Å². The Balaban J connectivity index is 1.68. The number of nitrogens with one attached hydrogen (secondary N) is 1. The summed E-state index contributed by atoms with van der Waals surface area (Å²) in [5.41, 5.74) is 3.89. The summed E-state index contributed by atoms with van der Waals surface area (Å²) >= 11 is 1.27. The molecule has 0 aliphatic carbocycles. The molecule has 6 nitrogen and oxygen atoms in total. The fraction of sp³-hybridized carbons (Fsp3) is 0.269. The highest BCUT2D eigenvalue weighted by molar-refractivity contribution is 7.17. The fourth-order valence-electron chi connectivity index (χ4n) is 3.99. The predicted molar refractivity (Wildman–Crippen MR) is 135 cm³/mol. The molecule has 0 unspecified atom stereocenters. The van der Waals surface area contributed by atoms with Gasteiger partial charge in [0.15, 0.2) is 0 Å². The van der Waals surface area contributed by atoms with Crippen molar-refractivity contribution >= 4 is 33.1 Å². The van der Waals surface area contributed by atoms with Crippen LogP contribution in [0.15, 0.2) is 63.5 Å². The standard InChI is InChI=1S/C26H27N3O3S/c1-4-5-6-19-8-10-20(11-9-19)27-23(30)16-28-22-13-14-33-24(22)25(31)29(26(28)32)21-12-7-17(2)15-18(21)3/h7-15H,4-6,16H2,1-3H3,(H,27,30). The van der Waals surface area contributed by atoms with Gasteiger partial charge >= 0.3 is 5.69 Å². The monoisotopic (exact) mass is 461 g/mol. The van der Waals surface area contributed by atoms with E-state index >= 15 is 0 Å². The first-order valence-electron chi connectivity index (χ1n) is 11.1. The zero-order valence-electron chi connectivity index (χ0n) is 19.1. The molecule has 2 heterocycles. The minimum Gasteiger partial charge on any atom is -0.325 e. The molecular formula is C26H27N3O3S. The molecule has 0 saturated carbocycles. The third-order valence-electron chi connectivity index (χ3n) is 5.71. The number of aryl methyl sites for hydroxylation is 3. The Labute approximate surface area is 196 Å². The summed E-state index contributed by atoms with van der Waals surface area (Å²) in [5.74, 6) is -0.322. The number of aromatic nitrogens is 2. The number of amides is 1. The summed E-state index contributed by atoms with van der Waals surface area (Å²) in [6.45, 7) is 5.80. The van der Waals surface area contributed by atoms with Crippen molar-refractivity contribution in [1.82, 2.24) is 9.13 Å². The summed E-state index contributed by atoms with van der Waals surface area (Å²) in [6.07, 6.45) is 3.27. The Morgan fingerprint density at radius 2 is 1.79 bits per heavy atom. The lowest BCUT2D eigenvalue weighted by Gasteiger charge is -2.14. The Morgan fingerprint density at radius 1 is 1.03 bits per heavy atom. The lowest BCUT2D eigenvalue weighted by Crippen LogP contribution is -2.40. The van der Waals surface area contributed by atoms with Crippen molar-refractivity contribution in [3.05, 3.63) is 91.4 Å². The van der Waals surface area contributed by atoms with E-state index in [0.717, 1.165) is 30.4 Å². The van der Waals surface area contributed by atoms with Crippen LogP contribution in [0.3, 0.4) is 0 Å². The topological polar surface area (TPSA) is 73.1 Å². The highest BCUT2D eigenvalue weighted by Gasteiger charge is 2.18. The second kappa shape index (κ2) is 9.58. The molecule has 0 saturated heterocycles. The van der Waals surface area contributed by atoms with Gasteiger partial charge in [0.05, 0.1) is 11.2 Å². The third kappa shape index (κ3) is 4.68. The zero-order chi connectivity index (χ0) is 23.5. The number of rotatable bonds is 7. The quantitative estimate of drug-likeness (QED) is 0.429. The van der Waals surface area contributed by atoms with Gasteiger partial charge in [0.1, 0.15) is 11.2 Å². The van der Waals surface area contributed by atoms with Gasteiger partial charge in [0, 0.05) is 5.69 Å². The minimum atomic E-state index is -0.525. The molecule has 2 aromatic heterocycles. The van der Waals surface area contributed by atoms with Crippen LogP contribution in [0.2, 0.25) is 0 Å². The molecule has 0 spiro atoms. The van der Waals surface area contributed by atoms with Gasteiger partial charge < -0.3 is 5.32 Å². The first kappa shape index (κ1) is 22.7. The molecule has 4 aromatic rings. The highest BCUT2D eigenvalue weighted by Crippen LogP contribution is 2.19. The second-order valence-electron chi connectivity index (χ2n) is 8.28. The maximum atomic E-state index is 13.4. The smallest absolute Gasteiger partial charge is 0.325 e. The van der Waals surface area contributed by atoms with E-state index < -0.39 is 5.69 Å². The van der Waals surface area contributed by atoms with E-state index in [1.165, 1.54) is 26.0 Å². The van der Waals surface area contributed by atoms with Gasteiger partial charge in [-0.2, -0.15) is 0 Å². The van der Waals surface area contributed by atoms with Gasteiger partial charge in [-0.15, -0.1) is 11.3 Å². The highest BCUT2D eigenvalue weighted by atomic mass is 32.1. The maximum Gasteiger partial charge on any atom is 0.336 e. The van der Waals surface area contributed by atoms with E-state index in [9.17, 15) is 14.4 Å². The van der Waals surface area contributed by atoms with Gasteiger partial charge in [-0.25, -0.2) is 9.36 Å². The van der Waals surface area contributed by atoms with Crippen LogP contribution in [0.1, 0.15) is 36.5 Å². The van der Waals surface area contributed by atoms with Gasteiger partial charge in [-0.1, -0.05) is 43.2 Å². The maximum absolute atomic E-state index is 13.4. The molecule has 0 atom stereocenters. The third-order valence-corrected chi connectivity index (χ3v) is 6.60. The van der Waals surface area contributed by atoms with E-state index in [-0.39, 0.29) is 18.0 Å². The predicted octanol–water partition coefficient (Wildman–Crippen LogP) is 4.81. The molecule has 33 heavy (non-hydrogen) atoms. The number of unbranched alkanes of at least 4 members (excludes halogenated alkanes) is 1. The van der Waals surface area contributed by atoms with Crippen molar-refractivity contribution < 1.29 is 4.79 Å². The molecule has 2 aromatic carbocycles. The molecule has 1 amide bonds. The lowest BCUT2D eigenvalue weighted by atomic mass is 10.1. The van der Waals surface area contributed by atoms with Crippen molar-refractivity contribution in [2.24, 2.45) is 0 Å². The molecular weight excluding hydrogens is 434 g/mol. The van der Waals surface area contributed by atoms with Crippen LogP contribution in [-0.4, -0.2) is 15.0 Å². The van der Waals surface area contributed by atoms with Crippen LogP contribution < -0.4 is 16.6 Å². The average Bonchev–Trinajstić information content (AvgIpc) is 3.28. The van der Waals surface area contributed by atoms with Crippen LogP contribution in [0, 0.1) is 13.8 Å². The molecule has 1 N–H and O–H groups in total. The fourth-order valence-corrected chi connectivity index (χ4v) is 4.81. The van der Waals surface area contributed by atoms with Crippen molar-refractivity contribution in [2.75, 3.05) is 5.32 Å². The van der Waals surface area contributed by atoms with E-state index in [1.54, 1.807) is 17.5 Å². The molecule has 0 fully saturated rings. The minimum absolute atomic E-state index is 0.186. The van der Waals surface area contributed by atoms with Crippen molar-refractivity contribution in [1.29, 1.82) is 0 Å². The number of nitrogens with zero attached hydrogens (tertiary/aromatic N) is 2. The number of anilines is 1. The Kier molecular flexibility index (Phi) is 6.60. The SMILES string of the molecule is CCCCc1ccc(NC(=O)Cn2c(=O)n(-c3ccc(C)cc3C)c(=O)c3sccc32)cc1. The molecule has 0 bridgehead atoms. The number of carbonyl (C=O) groups excluding carboxylic acids is 1. The first-order chi connectivity index (χ1) is 15.9. The van der Waals surface area contributed by atoms with Crippen LogP contribution in [0.25, 0.3) is 15.9 Å². The van der Waals surface area contributed by atoms with Crippen LogP contribution in [0.5, 0.6) is 0 Å². The van der Waals surface area contributed by atoms with Crippen molar-refractivity contribution in [3.63, 3.8) is 0 Å². The van der Waals surface area contributed by atoms with E-state index in [4.69, 9.17) is 0 Å². The lowest BCUT2D eigenvalue weighted by molar-refractivity contribution is -0.116. The largest absolute Gasteiger partial charge is 0.336 e. The molecule has 170 valence electrons. The van der Waals surface area contributed by atoms with Crippen molar-refractivity contribution in [3.8, 4) is 5.69 Å². The number of fused-ring (bicyclic) bond motifs is 1. The van der Waals surface area contributed by atoms with Crippen LogP contribution in [0.4, 0.5) is 5.69 Å². The van der Waals surface area contributed by atoms with Crippen molar-refractivity contribution in [2.45, 2.75) is 46.6 Å². The Hall–Kier alpha value is -3.45. The molecule has 0 radical (unpaired) electrons. The molecule has 0 aliphatic heterocycles. The Morgan fingerprint density at radius 3 is 2.48 bits per heavy atom. The summed E-state index contributed by atoms with van der Waals surface area (Å²) in [7, 11) is 0. The number of hydrogen-bond donors (Lipinski definition) is 1. The normalized spacial score (nSPS) is 11.1. The average molecular weight is 462 g/mol. The Bertz CT molecular complexity index is 1430. The van der Waals surface area contributed by atoms with Gasteiger partial charge in [-0.05, 0) is 67.5 Å². The van der Waals surface area contributed by atoms with E-state index in [2.05, 4.69) is 12.2 Å².